The first-order valence-electron chi connectivity index (χ1n) is 10.7. The van der Waals surface area contributed by atoms with Crippen LogP contribution in [0.5, 0.6) is 0 Å². The lowest BCUT2D eigenvalue weighted by Crippen LogP contribution is -2.46. The summed E-state index contributed by atoms with van der Waals surface area (Å²) in [6.07, 6.45) is 10.5. The van der Waals surface area contributed by atoms with Crippen LogP contribution in [0.15, 0.2) is 18.5 Å². The molecule has 0 radical (unpaired) electrons. The monoisotopic (exact) mass is 357 g/mol. The Balaban J connectivity index is 1.24. The molecule has 144 valence electrons. The fourth-order valence-electron chi connectivity index (χ4n) is 5.32. The second kappa shape index (κ2) is 8.22. The molecule has 0 aliphatic carbocycles. The van der Waals surface area contributed by atoms with Gasteiger partial charge in [0.2, 0.25) is 5.95 Å². The number of piperidine rings is 2. The summed E-state index contributed by atoms with van der Waals surface area (Å²) in [6.45, 7) is 12.2. The molecule has 1 atom stereocenters. The van der Waals surface area contributed by atoms with Crippen LogP contribution in [0, 0.1) is 11.8 Å². The van der Waals surface area contributed by atoms with E-state index in [0.29, 0.717) is 6.04 Å². The molecule has 3 aliphatic rings. The number of hydrogen-bond donors (Lipinski definition) is 0. The maximum Gasteiger partial charge on any atom is 0.225 e. The zero-order valence-electron chi connectivity index (χ0n) is 16.6. The van der Waals surface area contributed by atoms with Crippen LogP contribution in [0.3, 0.4) is 0 Å². The van der Waals surface area contributed by atoms with Crippen molar-refractivity contribution in [2.24, 2.45) is 11.8 Å². The molecule has 1 aromatic rings. The predicted molar refractivity (Wildman–Crippen MR) is 106 cm³/mol. The maximum atomic E-state index is 4.42. The van der Waals surface area contributed by atoms with Crippen molar-refractivity contribution < 1.29 is 0 Å². The van der Waals surface area contributed by atoms with Crippen molar-refractivity contribution in [2.45, 2.75) is 58.0 Å². The lowest BCUT2D eigenvalue weighted by atomic mass is 9.84. The molecule has 3 saturated heterocycles. The maximum absolute atomic E-state index is 4.42. The number of aromatic nitrogens is 2. The summed E-state index contributed by atoms with van der Waals surface area (Å²) in [5.74, 6) is 2.73. The topological polar surface area (TPSA) is 35.5 Å². The molecule has 1 unspecified atom stereocenters. The molecule has 4 rings (SSSR count). The minimum Gasteiger partial charge on any atom is -0.341 e. The fraction of sp³-hybridized carbons (Fsp3) is 0.810. The van der Waals surface area contributed by atoms with Crippen LogP contribution in [0.1, 0.15) is 46.0 Å². The van der Waals surface area contributed by atoms with Gasteiger partial charge in [0, 0.05) is 44.1 Å². The number of rotatable bonds is 4. The second-order valence-electron chi connectivity index (χ2n) is 8.78. The summed E-state index contributed by atoms with van der Waals surface area (Å²) in [4.78, 5) is 16.7. The van der Waals surface area contributed by atoms with Gasteiger partial charge < -0.3 is 9.80 Å². The molecule has 4 heterocycles. The van der Waals surface area contributed by atoms with Gasteiger partial charge in [-0.05, 0) is 83.5 Å². The van der Waals surface area contributed by atoms with Crippen molar-refractivity contribution >= 4 is 5.95 Å². The third-order valence-corrected chi connectivity index (χ3v) is 7.04. The van der Waals surface area contributed by atoms with Gasteiger partial charge in [0.05, 0.1) is 0 Å². The second-order valence-corrected chi connectivity index (χ2v) is 8.78. The molecule has 0 aromatic carbocycles. The van der Waals surface area contributed by atoms with Crippen molar-refractivity contribution in [3.63, 3.8) is 0 Å². The Kier molecular flexibility index (Phi) is 5.75. The van der Waals surface area contributed by atoms with Crippen molar-refractivity contribution in [2.75, 3.05) is 44.2 Å². The molecule has 3 aliphatic heterocycles. The van der Waals surface area contributed by atoms with Crippen LogP contribution in [-0.2, 0) is 0 Å². The standard InChI is InChI=1S/C21H35N5/c1-17(2)24-14-7-20(8-15-24)26-13-6-19(16-26)18-4-11-25(12-5-18)21-22-9-3-10-23-21/h3,9-10,17-20H,4-8,11-16H2,1-2H3. The smallest absolute Gasteiger partial charge is 0.225 e. The molecular formula is C21H35N5. The Labute approximate surface area is 158 Å². The van der Waals surface area contributed by atoms with Crippen LogP contribution >= 0.6 is 0 Å². The molecular weight excluding hydrogens is 322 g/mol. The minimum atomic E-state index is 0.709. The van der Waals surface area contributed by atoms with E-state index in [1.54, 1.807) is 0 Å². The molecule has 5 heteroatoms. The van der Waals surface area contributed by atoms with Crippen molar-refractivity contribution in [3.05, 3.63) is 18.5 Å². The summed E-state index contributed by atoms with van der Waals surface area (Å²) < 4.78 is 0. The van der Waals surface area contributed by atoms with E-state index in [0.717, 1.165) is 36.9 Å². The Morgan fingerprint density at radius 3 is 2.15 bits per heavy atom. The molecule has 0 N–H and O–H groups in total. The molecule has 5 nitrogen and oxygen atoms in total. The SMILES string of the molecule is CC(C)N1CCC(N2CCC(C3CCN(c4ncccn4)CC3)C2)CC1. The third kappa shape index (κ3) is 4.04. The highest BCUT2D eigenvalue weighted by molar-refractivity contribution is 5.28. The van der Waals surface area contributed by atoms with E-state index in [1.807, 2.05) is 18.5 Å². The Morgan fingerprint density at radius 1 is 0.846 bits per heavy atom. The summed E-state index contributed by atoms with van der Waals surface area (Å²) in [7, 11) is 0. The van der Waals surface area contributed by atoms with E-state index in [4.69, 9.17) is 0 Å². The summed E-state index contributed by atoms with van der Waals surface area (Å²) >= 11 is 0. The molecule has 1 aromatic heterocycles. The van der Waals surface area contributed by atoms with Gasteiger partial charge in [-0.1, -0.05) is 0 Å². The van der Waals surface area contributed by atoms with E-state index in [9.17, 15) is 0 Å². The zero-order valence-corrected chi connectivity index (χ0v) is 16.6. The number of anilines is 1. The van der Waals surface area contributed by atoms with E-state index in [-0.39, 0.29) is 0 Å². The van der Waals surface area contributed by atoms with Crippen molar-refractivity contribution in [1.82, 2.24) is 19.8 Å². The average Bonchev–Trinajstić information content (AvgIpc) is 3.19. The highest BCUT2D eigenvalue weighted by Crippen LogP contribution is 2.34. The van der Waals surface area contributed by atoms with Crippen LogP contribution in [-0.4, -0.2) is 71.1 Å². The fourth-order valence-corrected chi connectivity index (χ4v) is 5.32. The van der Waals surface area contributed by atoms with Gasteiger partial charge in [0.1, 0.15) is 0 Å². The number of likely N-dealkylation sites (tertiary alicyclic amines) is 2. The summed E-state index contributed by atoms with van der Waals surface area (Å²) in [5.41, 5.74) is 0. The van der Waals surface area contributed by atoms with E-state index < -0.39 is 0 Å². The highest BCUT2D eigenvalue weighted by atomic mass is 15.3. The number of nitrogens with zero attached hydrogens (tertiary/aromatic N) is 5. The van der Waals surface area contributed by atoms with Crippen LogP contribution < -0.4 is 4.90 Å². The van der Waals surface area contributed by atoms with Gasteiger partial charge in [-0.25, -0.2) is 9.97 Å². The summed E-state index contributed by atoms with van der Waals surface area (Å²) in [6, 6.07) is 3.45. The quantitative estimate of drug-likeness (QED) is 0.828. The molecule has 26 heavy (non-hydrogen) atoms. The van der Waals surface area contributed by atoms with Crippen LogP contribution in [0.4, 0.5) is 5.95 Å². The lowest BCUT2D eigenvalue weighted by Gasteiger charge is -2.39. The zero-order chi connectivity index (χ0) is 17.9. The van der Waals surface area contributed by atoms with E-state index in [1.165, 1.54) is 58.3 Å². The van der Waals surface area contributed by atoms with Gasteiger partial charge in [-0.15, -0.1) is 0 Å². The number of hydrogen-bond acceptors (Lipinski definition) is 5. The first kappa shape index (κ1) is 18.2. The Morgan fingerprint density at radius 2 is 1.50 bits per heavy atom. The van der Waals surface area contributed by atoms with Gasteiger partial charge in [-0.2, -0.15) is 0 Å². The first-order valence-corrected chi connectivity index (χ1v) is 10.7. The van der Waals surface area contributed by atoms with Crippen molar-refractivity contribution in [3.8, 4) is 0 Å². The Bertz CT molecular complexity index is 547. The normalized spacial score (nSPS) is 27.5. The third-order valence-electron chi connectivity index (χ3n) is 7.04. The van der Waals surface area contributed by atoms with Crippen LogP contribution in [0.2, 0.25) is 0 Å². The van der Waals surface area contributed by atoms with Gasteiger partial charge in [-0.3, -0.25) is 4.90 Å². The van der Waals surface area contributed by atoms with Gasteiger partial charge >= 0.3 is 0 Å². The Hall–Kier alpha value is -1.20. The molecule has 0 saturated carbocycles. The highest BCUT2D eigenvalue weighted by Gasteiger charge is 2.35. The van der Waals surface area contributed by atoms with E-state index in [2.05, 4.69) is 38.5 Å². The molecule has 3 fully saturated rings. The van der Waals surface area contributed by atoms with Gasteiger partial charge in [0.15, 0.2) is 0 Å². The lowest BCUT2D eigenvalue weighted by molar-refractivity contribution is 0.102. The molecule has 0 spiro atoms. The molecule has 0 amide bonds. The summed E-state index contributed by atoms with van der Waals surface area (Å²) in [5, 5.41) is 0. The first-order chi connectivity index (χ1) is 12.7. The van der Waals surface area contributed by atoms with E-state index >= 15 is 0 Å². The van der Waals surface area contributed by atoms with Crippen LogP contribution in [0.25, 0.3) is 0 Å². The largest absolute Gasteiger partial charge is 0.341 e. The molecule has 0 bridgehead atoms. The average molecular weight is 358 g/mol. The van der Waals surface area contributed by atoms with Gasteiger partial charge in [0.25, 0.3) is 0 Å². The predicted octanol–water partition coefficient (Wildman–Crippen LogP) is 2.89. The minimum absolute atomic E-state index is 0.709. The van der Waals surface area contributed by atoms with Crippen molar-refractivity contribution in [1.29, 1.82) is 0 Å².